The van der Waals surface area contributed by atoms with Gasteiger partial charge in [-0.15, -0.1) is 0 Å². The molecule has 0 saturated heterocycles. The first-order chi connectivity index (χ1) is 8.72. The van der Waals surface area contributed by atoms with Crippen LogP contribution in [0.1, 0.15) is 29.3 Å². The van der Waals surface area contributed by atoms with Crippen molar-refractivity contribution in [3.8, 4) is 0 Å². The van der Waals surface area contributed by atoms with Gasteiger partial charge in [-0.1, -0.05) is 13.0 Å². The predicted octanol–water partition coefficient (Wildman–Crippen LogP) is 1.57. The molecule has 0 saturated carbocycles. The third-order valence-corrected chi connectivity index (χ3v) is 3.59. The molecule has 1 atom stereocenters. The largest absolute Gasteiger partial charge is 0.465 e. The Bertz CT molecular complexity index is 445. The van der Waals surface area contributed by atoms with Crippen molar-refractivity contribution in [2.75, 3.05) is 25.1 Å². The predicted molar refractivity (Wildman–Crippen MR) is 72.0 cm³/mol. The summed E-state index contributed by atoms with van der Waals surface area (Å²) in [7, 11) is 1.42. The van der Waals surface area contributed by atoms with Crippen molar-refractivity contribution in [2.24, 2.45) is 5.73 Å². The molecule has 0 spiro atoms. The van der Waals surface area contributed by atoms with E-state index in [-0.39, 0.29) is 5.97 Å². The number of esters is 1. The molecule has 0 radical (unpaired) electrons. The molecule has 1 aromatic rings. The lowest BCUT2D eigenvalue weighted by atomic mass is 10.0. The van der Waals surface area contributed by atoms with Crippen LogP contribution in [0.5, 0.6) is 0 Å². The van der Waals surface area contributed by atoms with Gasteiger partial charge in [-0.25, -0.2) is 4.79 Å². The number of hydrogen-bond donors (Lipinski definition) is 1. The highest BCUT2D eigenvalue weighted by atomic mass is 16.5. The monoisotopic (exact) mass is 248 g/mol. The molecule has 1 heterocycles. The minimum atomic E-state index is -0.253. The van der Waals surface area contributed by atoms with E-state index < -0.39 is 0 Å². The lowest BCUT2D eigenvalue weighted by Crippen LogP contribution is -2.35. The van der Waals surface area contributed by atoms with Gasteiger partial charge in [0.2, 0.25) is 0 Å². The summed E-state index contributed by atoms with van der Waals surface area (Å²) >= 11 is 0. The van der Waals surface area contributed by atoms with E-state index in [1.165, 1.54) is 7.11 Å². The Morgan fingerprint density at radius 3 is 2.94 bits per heavy atom. The second kappa shape index (κ2) is 5.40. The number of methoxy groups -OCH3 is 1. The molecule has 1 aliphatic rings. The Morgan fingerprint density at radius 1 is 1.56 bits per heavy atom. The average molecular weight is 248 g/mol. The standard InChI is InChI=1S/C14H20N2O2/c1-3-10-9-12-11(14(17)18-2)5-4-6-13(12)16(10)8-7-15/h4-6,10H,3,7-9,15H2,1-2H3. The molecule has 2 rings (SSSR count). The number of nitrogens with zero attached hydrogens (tertiary/aromatic N) is 1. The summed E-state index contributed by atoms with van der Waals surface area (Å²) < 4.78 is 4.84. The lowest BCUT2D eigenvalue weighted by molar-refractivity contribution is 0.0599. The van der Waals surface area contributed by atoms with Gasteiger partial charge in [-0.05, 0) is 30.5 Å². The quantitative estimate of drug-likeness (QED) is 0.822. The maximum Gasteiger partial charge on any atom is 0.338 e. The van der Waals surface area contributed by atoms with Crippen molar-refractivity contribution >= 4 is 11.7 Å². The fourth-order valence-electron chi connectivity index (χ4n) is 2.71. The third-order valence-electron chi connectivity index (χ3n) is 3.59. The van der Waals surface area contributed by atoms with Crippen molar-refractivity contribution in [2.45, 2.75) is 25.8 Å². The number of carbonyl (C=O) groups excluding carboxylic acids is 1. The normalized spacial score (nSPS) is 17.7. The van der Waals surface area contributed by atoms with Crippen molar-refractivity contribution in [1.82, 2.24) is 0 Å². The highest BCUT2D eigenvalue weighted by Crippen LogP contribution is 2.35. The highest BCUT2D eigenvalue weighted by molar-refractivity contribution is 5.93. The summed E-state index contributed by atoms with van der Waals surface area (Å²) in [4.78, 5) is 14.1. The Balaban J connectivity index is 2.41. The Hall–Kier alpha value is -1.55. The van der Waals surface area contributed by atoms with E-state index >= 15 is 0 Å². The van der Waals surface area contributed by atoms with Crippen molar-refractivity contribution in [1.29, 1.82) is 0 Å². The van der Waals surface area contributed by atoms with Crippen LogP contribution in [0.3, 0.4) is 0 Å². The molecule has 0 aliphatic carbocycles. The second-order valence-corrected chi connectivity index (χ2v) is 4.54. The fourth-order valence-corrected chi connectivity index (χ4v) is 2.71. The second-order valence-electron chi connectivity index (χ2n) is 4.54. The minimum absolute atomic E-state index is 0.253. The van der Waals surface area contributed by atoms with Crippen LogP contribution in [0.15, 0.2) is 18.2 Å². The average Bonchev–Trinajstić information content (AvgIpc) is 2.76. The number of carbonyl (C=O) groups is 1. The van der Waals surface area contributed by atoms with E-state index in [0.717, 1.165) is 30.6 Å². The van der Waals surface area contributed by atoms with Crippen LogP contribution in [0.2, 0.25) is 0 Å². The number of benzene rings is 1. The summed E-state index contributed by atoms with van der Waals surface area (Å²) in [6, 6.07) is 6.25. The van der Waals surface area contributed by atoms with Gasteiger partial charge in [0.05, 0.1) is 12.7 Å². The van der Waals surface area contributed by atoms with Gasteiger partial charge < -0.3 is 15.4 Å². The third kappa shape index (κ3) is 2.08. The molecule has 0 bridgehead atoms. The van der Waals surface area contributed by atoms with Crippen molar-refractivity contribution in [3.63, 3.8) is 0 Å². The maximum atomic E-state index is 11.8. The zero-order chi connectivity index (χ0) is 13.1. The Labute approximate surface area is 108 Å². The first-order valence-corrected chi connectivity index (χ1v) is 6.39. The molecule has 0 fully saturated rings. The topological polar surface area (TPSA) is 55.6 Å². The molecule has 4 nitrogen and oxygen atoms in total. The van der Waals surface area contributed by atoms with Crippen LogP contribution >= 0.6 is 0 Å². The van der Waals surface area contributed by atoms with Gasteiger partial charge in [0.1, 0.15) is 0 Å². The summed E-state index contributed by atoms with van der Waals surface area (Å²) in [6.07, 6.45) is 1.95. The van der Waals surface area contributed by atoms with Gasteiger partial charge in [0, 0.05) is 24.8 Å². The molecular formula is C14H20N2O2. The summed E-state index contributed by atoms with van der Waals surface area (Å²) in [5.41, 5.74) is 8.60. The molecule has 1 unspecified atom stereocenters. The summed E-state index contributed by atoms with van der Waals surface area (Å²) in [5, 5.41) is 0. The molecule has 1 aliphatic heterocycles. The van der Waals surface area contributed by atoms with E-state index in [1.54, 1.807) is 0 Å². The molecule has 18 heavy (non-hydrogen) atoms. The molecule has 2 N–H and O–H groups in total. The van der Waals surface area contributed by atoms with E-state index in [1.807, 2.05) is 12.1 Å². The van der Waals surface area contributed by atoms with Crippen molar-refractivity contribution in [3.05, 3.63) is 29.3 Å². The van der Waals surface area contributed by atoms with E-state index in [2.05, 4.69) is 17.9 Å². The van der Waals surface area contributed by atoms with Crippen LogP contribution in [0.4, 0.5) is 5.69 Å². The molecule has 0 amide bonds. The molecule has 4 heteroatoms. The van der Waals surface area contributed by atoms with Gasteiger partial charge in [0.25, 0.3) is 0 Å². The zero-order valence-corrected chi connectivity index (χ0v) is 11.0. The van der Waals surface area contributed by atoms with E-state index in [4.69, 9.17) is 10.5 Å². The minimum Gasteiger partial charge on any atom is -0.465 e. The summed E-state index contributed by atoms with van der Waals surface area (Å²) in [5.74, 6) is -0.253. The number of hydrogen-bond acceptors (Lipinski definition) is 4. The van der Waals surface area contributed by atoms with E-state index in [0.29, 0.717) is 18.2 Å². The van der Waals surface area contributed by atoms with Crippen LogP contribution in [-0.2, 0) is 11.2 Å². The number of nitrogens with two attached hydrogens (primary N) is 1. The van der Waals surface area contributed by atoms with Gasteiger partial charge in [-0.3, -0.25) is 0 Å². The van der Waals surface area contributed by atoms with Crippen LogP contribution in [-0.4, -0.2) is 32.2 Å². The highest BCUT2D eigenvalue weighted by Gasteiger charge is 2.30. The van der Waals surface area contributed by atoms with Gasteiger partial charge in [0.15, 0.2) is 0 Å². The first-order valence-electron chi connectivity index (χ1n) is 6.39. The fraction of sp³-hybridized carbons (Fsp3) is 0.500. The molecule has 1 aromatic carbocycles. The van der Waals surface area contributed by atoms with Crippen molar-refractivity contribution < 1.29 is 9.53 Å². The van der Waals surface area contributed by atoms with Gasteiger partial charge in [-0.2, -0.15) is 0 Å². The first kappa shape index (κ1) is 12.9. The van der Waals surface area contributed by atoms with E-state index in [9.17, 15) is 4.79 Å². The van der Waals surface area contributed by atoms with Crippen LogP contribution in [0.25, 0.3) is 0 Å². The number of anilines is 1. The van der Waals surface area contributed by atoms with Gasteiger partial charge >= 0.3 is 5.97 Å². The molecular weight excluding hydrogens is 228 g/mol. The van der Waals surface area contributed by atoms with Crippen LogP contribution in [0, 0.1) is 0 Å². The summed E-state index contributed by atoms with van der Waals surface area (Å²) in [6.45, 7) is 3.62. The number of fused-ring (bicyclic) bond motifs is 1. The Kier molecular flexibility index (Phi) is 3.87. The Morgan fingerprint density at radius 2 is 2.33 bits per heavy atom. The number of rotatable bonds is 4. The SMILES string of the molecule is CCC1Cc2c(C(=O)OC)cccc2N1CCN. The molecule has 0 aromatic heterocycles. The number of ether oxygens (including phenoxy) is 1. The maximum absolute atomic E-state index is 11.8. The zero-order valence-electron chi connectivity index (χ0n) is 11.0. The smallest absolute Gasteiger partial charge is 0.338 e. The molecule has 98 valence electrons. The lowest BCUT2D eigenvalue weighted by Gasteiger charge is -2.26. The van der Waals surface area contributed by atoms with Crippen LogP contribution < -0.4 is 10.6 Å².